The van der Waals surface area contributed by atoms with Crippen molar-refractivity contribution < 1.29 is 49.0 Å². The summed E-state index contributed by atoms with van der Waals surface area (Å²) < 4.78 is 119. The Hall–Kier alpha value is -0.710. The maximum Gasteiger partial charge on any atom is 0.435 e. The van der Waals surface area contributed by atoms with Gasteiger partial charge in [0, 0.05) is 6.61 Å². The second-order valence-corrected chi connectivity index (χ2v) is 3.99. The number of unbranched alkanes of at least 4 members (excludes halogenated alkanes) is 1. The molecule has 0 amide bonds. The number of hydrogen-bond acceptors (Lipinski definition) is 2. The first kappa shape index (κ1) is 20.3. The second kappa shape index (κ2) is 7.03. The highest BCUT2D eigenvalue weighted by Crippen LogP contribution is 2.54. The molecule has 0 N–H and O–H groups in total. The molecule has 0 radical (unpaired) electrons. The lowest BCUT2D eigenvalue weighted by molar-refractivity contribution is -0.457. The van der Waals surface area contributed by atoms with Crippen molar-refractivity contribution in [2.24, 2.45) is 0 Å². The molecule has 0 spiro atoms. The number of rotatable bonds is 7. The van der Waals surface area contributed by atoms with Crippen LogP contribution in [0.25, 0.3) is 0 Å². The summed E-state index contributed by atoms with van der Waals surface area (Å²) in [5, 5.41) is 0. The van der Waals surface area contributed by atoms with Crippen LogP contribution < -0.4 is 0 Å². The predicted molar refractivity (Wildman–Crippen MR) is 52.6 cm³/mol. The van der Waals surface area contributed by atoms with Gasteiger partial charge in [-0.3, -0.25) is 0 Å². The Morgan fingerprint density at radius 3 is 1.43 bits per heavy atom. The summed E-state index contributed by atoms with van der Waals surface area (Å²) in [6.45, 7) is -0.578. The zero-order valence-corrected chi connectivity index (χ0v) is 10.8. The van der Waals surface area contributed by atoms with Gasteiger partial charge >= 0.3 is 24.1 Å². The third kappa shape index (κ3) is 4.63. The van der Waals surface area contributed by atoms with Gasteiger partial charge in [-0.2, -0.15) is 39.5 Å². The number of alkyl halides is 9. The fraction of sp³-hybridized carbons (Fsp3) is 1.00. The van der Waals surface area contributed by atoms with E-state index in [2.05, 4.69) is 9.47 Å². The van der Waals surface area contributed by atoms with Crippen LogP contribution in [0.1, 0.15) is 19.8 Å². The Morgan fingerprint density at radius 2 is 1.10 bits per heavy atom. The molecule has 0 saturated heterocycles. The van der Waals surface area contributed by atoms with Gasteiger partial charge in [0.15, 0.2) is 0 Å². The normalized spacial score (nSPS) is 14.6. The summed E-state index contributed by atoms with van der Waals surface area (Å²) in [5.74, 6) is 0. The van der Waals surface area contributed by atoms with Gasteiger partial charge < -0.3 is 9.47 Å². The quantitative estimate of drug-likeness (QED) is 0.511. The Morgan fingerprint density at radius 1 is 0.667 bits per heavy atom. The van der Waals surface area contributed by atoms with Crippen LogP contribution in [0.5, 0.6) is 0 Å². The van der Waals surface area contributed by atoms with E-state index in [1.807, 2.05) is 0 Å². The van der Waals surface area contributed by atoms with E-state index in [0.717, 1.165) is 0 Å². The van der Waals surface area contributed by atoms with E-state index in [4.69, 9.17) is 0 Å². The molecular weight excluding hydrogens is 323 g/mol. The molecular formula is C10H13F9O2. The topological polar surface area (TPSA) is 18.5 Å². The van der Waals surface area contributed by atoms with E-state index in [1.165, 1.54) is 0 Å². The van der Waals surface area contributed by atoms with E-state index in [1.54, 1.807) is 6.92 Å². The zero-order valence-electron chi connectivity index (χ0n) is 10.8. The fourth-order valence-corrected chi connectivity index (χ4v) is 1.33. The molecule has 128 valence electrons. The summed E-state index contributed by atoms with van der Waals surface area (Å²) in [5.41, 5.74) is -6.22. The lowest BCUT2D eigenvalue weighted by atomic mass is 10.0. The van der Waals surface area contributed by atoms with Gasteiger partial charge in [0.2, 0.25) is 0 Å². The molecule has 0 atom stereocenters. The van der Waals surface area contributed by atoms with Crippen molar-refractivity contribution in [1.82, 2.24) is 0 Å². The molecule has 0 heterocycles. The summed E-state index contributed by atoms with van der Waals surface area (Å²) in [6, 6.07) is 0. The van der Waals surface area contributed by atoms with Gasteiger partial charge in [-0.25, -0.2) is 0 Å². The lowest BCUT2D eigenvalue weighted by Gasteiger charge is -2.37. The SMILES string of the molecule is CCCCOCCOC(C(F)(F)F)(C(F)(F)F)C(F)(F)F. The van der Waals surface area contributed by atoms with Gasteiger partial charge in [-0.1, -0.05) is 13.3 Å². The smallest absolute Gasteiger partial charge is 0.379 e. The standard InChI is InChI=1S/C10H13F9O2/c1-2-3-4-20-5-6-21-7(8(11,12)13,9(14,15)16)10(17,18)19/h2-6H2,1H3. The Balaban J connectivity index is 5.08. The first-order valence-electron chi connectivity index (χ1n) is 5.73. The highest BCUT2D eigenvalue weighted by atomic mass is 19.4. The van der Waals surface area contributed by atoms with E-state index >= 15 is 0 Å². The maximum absolute atomic E-state index is 12.4. The second-order valence-electron chi connectivity index (χ2n) is 3.99. The molecule has 0 aliphatic rings. The van der Waals surface area contributed by atoms with Crippen molar-refractivity contribution in [1.29, 1.82) is 0 Å². The number of hydrogen-bond donors (Lipinski definition) is 0. The summed E-state index contributed by atoms with van der Waals surface area (Å²) in [6.07, 6.45) is -19.0. The van der Waals surface area contributed by atoms with Crippen LogP contribution in [-0.2, 0) is 9.47 Å². The molecule has 0 fully saturated rings. The summed E-state index contributed by atoms with van der Waals surface area (Å²) in [7, 11) is 0. The molecule has 2 nitrogen and oxygen atoms in total. The zero-order chi connectivity index (χ0) is 16.9. The minimum Gasteiger partial charge on any atom is -0.379 e. The van der Waals surface area contributed by atoms with Crippen molar-refractivity contribution in [3.05, 3.63) is 0 Å². The summed E-state index contributed by atoms with van der Waals surface area (Å²) >= 11 is 0. The van der Waals surface area contributed by atoms with Crippen LogP contribution in [0.15, 0.2) is 0 Å². The van der Waals surface area contributed by atoms with Crippen molar-refractivity contribution in [2.75, 3.05) is 19.8 Å². The summed E-state index contributed by atoms with van der Waals surface area (Å²) in [4.78, 5) is 0. The average molecular weight is 336 g/mol. The molecule has 11 heteroatoms. The maximum atomic E-state index is 12.4. The third-order valence-corrected chi connectivity index (χ3v) is 2.39. The molecule has 0 saturated carbocycles. The lowest BCUT2D eigenvalue weighted by Crippen LogP contribution is -2.68. The first-order valence-corrected chi connectivity index (χ1v) is 5.73. The van der Waals surface area contributed by atoms with Crippen LogP contribution in [0.4, 0.5) is 39.5 Å². The Labute approximate surface area is 114 Å². The minimum absolute atomic E-state index is 0.00306. The molecule has 0 aromatic carbocycles. The van der Waals surface area contributed by atoms with Crippen LogP contribution in [0, 0.1) is 0 Å². The van der Waals surface area contributed by atoms with Crippen molar-refractivity contribution >= 4 is 0 Å². The molecule has 21 heavy (non-hydrogen) atoms. The van der Waals surface area contributed by atoms with E-state index < -0.39 is 37.3 Å². The van der Waals surface area contributed by atoms with Crippen LogP contribution in [-0.4, -0.2) is 44.0 Å². The van der Waals surface area contributed by atoms with Crippen LogP contribution in [0.3, 0.4) is 0 Å². The third-order valence-electron chi connectivity index (χ3n) is 2.39. The monoisotopic (exact) mass is 336 g/mol. The highest BCUT2D eigenvalue weighted by molar-refractivity contribution is 5.02. The van der Waals surface area contributed by atoms with Crippen LogP contribution >= 0.6 is 0 Å². The van der Waals surface area contributed by atoms with Crippen LogP contribution in [0.2, 0.25) is 0 Å². The van der Waals surface area contributed by atoms with Gasteiger partial charge in [-0.15, -0.1) is 0 Å². The van der Waals surface area contributed by atoms with Gasteiger partial charge in [0.05, 0.1) is 13.2 Å². The highest BCUT2D eigenvalue weighted by Gasteiger charge is 2.85. The van der Waals surface area contributed by atoms with Crippen molar-refractivity contribution in [3.8, 4) is 0 Å². The molecule has 0 rings (SSSR count). The van der Waals surface area contributed by atoms with E-state index in [-0.39, 0.29) is 6.61 Å². The molecule has 0 aliphatic carbocycles. The first-order chi connectivity index (χ1) is 9.31. The molecule has 0 aromatic heterocycles. The van der Waals surface area contributed by atoms with E-state index in [9.17, 15) is 39.5 Å². The molecule has 0 unspecified atom stereocenters. The Bertz CT molecular complexity index is 269. The minimum atomic E-state index is -6.70. The van der Waals surface area contributed by atoms with Gasteiger partial charge in [0.25, 0.3) is 0 Å². The average Bonchev–Trinajstić information content (AvgIpc) is 2.22. The largest absolute Gasteiger partial charge is 0.435 e. The van der Waals surface area contributed by atoms with Crippen molar-refractivity contribution in [2.45, 2.75) is 43.9 Å². The van der Waals surface area contributed by atoms with E-state index in [0.29, 0.717) is 12.8 Å². The number of ether oxygens (including phenoxy) is 2. The van der Waals surface area contributed by atoms with Gasteiger partial charge in [-0.05, 0) is 6.42 Å². The van der Waals surface area contributed by atoms with Gasteiger partial charge in [0.1, 0.15) is 0 Å². The molecule has 0 aliphatic heterocycles. The predicted octanol–water partition coefficient (Wildman–Crippen LogP) is 4.25. The molecule has 0 bridgehead atoms. The fourth-order valence-electron chi connectivity index (χ4n) is 1.33. The van der Waals surface area contributed by atoms with Crippen molar-refractivity contribution in [3.63, 3.8) is 0 Å². The Kier molecular flexibility index (Phi) is 6.80. The molecule has 0 aromatic rings. The number of halogens is 9.